The number of aliphatic hydroxyl groups is 1. The number of hydrogen-bond donors (Lipinski definition) is 2. The molecule has 0 aliphatic heterocycles. The minimum absolute atomic E-state index is 0.167. The van der Waals surface area contributed by atoms with Gasteiger partial charge in [-0.1, -0.05) is 45.0 Å². The number of carbonyl (C=O) groups excluding carboxylic acids is 1. The van der Waals surface area contributed by atoms with E-state index in [-0.39, 0.29) is 12.5 Å². The van der Waals surface area contributed by atoms with E-state index < -0.39 is 6.10 Å². The summed E-state index contributed by atoms with van der Waals surface area (Å²) in [6.07, 6.45) is 2.03. The van der Waals surface area contributed by atoms with Crippen LogP contribution in [-0.2, 0) is 6.54 Å². The van der Waals surface area contributed by atoms with Gasteiger partial charge < -0.3 is 10.4 Å². The Morgan fingerprint density at radius 1 is 1.22 bits per heavy atom. The summed E-state index contributed by atoms with van der Waals surface area (Å²) in [5, 5.41) is 17.1. The van der Waals surface area contributed by atoms with Crippen molar-refractivity contribution in [3.63, 3.8) is 0 Å². The van der Waals surface area contributed by atoms with Gasteiger partial charge in [0.2, 0.25) is 0 Å². The quantitative estimate of drug-likeness (QED) is 0.825. The van der Waals surface area contributed by atoms with Gasteiger partial charge in [0.15, 0.2) is 0 Å². The molecule has 0 spiro atoms. The summed E-state index contributed by atoms with van der Waals surface area (Å²) in [4.78, 5) is 12.0. The number of carbonyl (C=O) groups is 1. The Kier molecular flexibility index (Phi) is 5.93. The van der Waals surface area contributed by atoms with E-state index in [1.807, 2.05) is 24.3 Å². The summed E-state index contributed by atoms with van der Waals surface area (Å²) in [5.74, 6) is 0.192. The predicted molar refractivity (Wildman–Crippen MR) is 90.3 cm³/mol. The van der Waals surface area contributed by atoms with E-state index in [1.54, 1.807) is 16.9 Å². The lowest BCUT2D eigenvalue weighted by Gasteiger charge is -2.13. The molecule has 0 radical (unpaired) electrons. The van der Waals surface area contributed by atoms with Gasteiger partial charge in [-0.15, -0.1) is 0 Å². The highest BCUT2D eigenvalue weighted by molar-refractivity contribution is 5.92. The molecular weight excluding hydrogens is 290 g/mol. The third kappa shape index (κ3) is 4.66. The van der Waals surface area contributed by atoms with E-state index in [1.165, 1.54) is 5.56 Å². The van der Waals surface area contributed by atoms with Crippen molar-refractivity contribution in [1.29, 1.82) is 0 Å². The molecule has 0 bridgehead atoms. The molecule has 0 aliphatic rings. The van der Waals surface area contributed by atoms with Crippen molar-refractivity contribution in [2.75, 3.05) is 6.54 Å². The van der Waals surface area contributed by atoms with Gasteiger partial charge in [-0.2, -0.15) is 5.10 Å². The molecule has 1 amide bonds. The Balaban J connectivity index is 1.89. The zero-order chi connectivity index (χ0) is 16.8. The molecule has 2 rings (SSSR count). The first-order valence-electron chi connectivity index (χ1n) is 8.10. The summed E-state index contributed by atoms with van der Waals surface area (Å²) >= 11 is 0. The monoisotopic (exact) mass is 315 g/mol. The summed E-state index contributed by atoms with van der Waals surface area (Å²) in [6.45, 7) is 7.27. The Hall–Kier alpha value is -2.14. The smallest absolute Gasteiger partial charge is 0.271 e. The van der Waals surface area contributed by atoms with Crippen molar-refractivity contribution in [1.82, 2.24) is 15.1 Å². The van der Waals surface area contributed by atoms with Crippen molar-refractivity contribution >= 4 is 5.91 Å². The molecule has 1 unspecified atom stereocenters. The molecule has 124 valence electrons. The summed E-state index contributed by atoms with van der Waals surface area (Å²) < 4.78 is 1.75. The molecular formula is C18H25N3O2. The van der Waals surface area contributed by atoms with E-state index in [9.17, 15) is 9.90 Å². The van der Waals surface area contributed by atoms with Gasteiger partial charge in [0.25, 0.3) is 5.91 Å². The first-order valence-corrected chi connectivity index (χ1v) is 8.10. The SMILES string of the molecule is CCCn1ccc(C(=O)NCC(O)c2ccc(C(C)C)cc2)n1. The molecule has 0 fully saturated rings. The van der Waals surface area contributed by atoms with Crippen molar-refractivity contribution in [2.45, 2.75) is 45.8 Å². The first kappa shape index (κ1) is 17.2. The lowest BCUT2D eigenvalue weighted by Crippen LogP contribution is -2.28. The van der Waals surface area contributed by atoms with Crippen LogP contribution >= 0.6 is 0 Å². The normalized spacial score (nSPS) is 12.4. The topological polar surface area (TPSA) is 67.2 Å². The van der Waals surface area contributed by atoms with Crippen LogP contribution in [0.15, 0.2) is 36.5 Å². The number of rotatable bonds is 7. The zero-order valence-corrected chi connectivity index (χ0v) is 14.0. The standard InChI is InChI=1S/C18H25N3O2/c1-4-10-21-11-9-16(20-21)18(23)19-12-17(22)15-7-5-14(6-8-15)13(2)3/h5-9,11,13,17,22H,4,10,12H2,1-3H3,(H,19,23). The van der Waals surface area contributed by atoms with Crippen LogP contribution in [0.25, 0.3) is 0 Å². The number of aryl methyl sites for hydroxylation is 1. The second-order valence-electron chi connectivity index (χ2n) is 6.01. The van der Waals surface area contributed by atoms with Gasteiger partial charge in [-0.3, -0.25) is 9.48 Å². The van der Waals surface area contributed by atoms with E-state index in [2.05, 4.69) is 31.2 Å². The molecule has 5 nitrogen and oxygen atoms in total. The molecule has 1 aromatic heterocycles. The Morgan fingerprint density at radius 3 is 2.48 bits per heavy atom. The minimum Gasteiger partial charge on any atom is -0.387 e. The number of benzene rings is 1. The van der Waals surface area contributed by atoms with E-state index in [0.29, 0.717) is 11.6 Å². The first-order chi connectivity index (χ1) is 11.0. The molecule has 23 heavy (non-hydrogen) atoms. The maximum atomic E-state index is 12.0. The molecule has 1 aromatic carbocycles. The Labute approximate surface area is 137 Å². The summed E-state index contributed by atoms with van der Waals surface area (Å²) in [6, 6.07) is 9.52. The average molecular weight is 315 g/mol. The van der Waals surface area contributed by atoms with Crippen molar-refractivity contribution in [2.24, 2.45) is 0 Å². The van der Waals surface area contributed by atoms with Crippen LogP contribution in [0.1, 0.15) is 60.8 Å². The molecule has 0 saturated carbocycles. The fraction of sp³-hybridized carbons (Fsp3) is 0.444. The van der Waals surface area contributed by atoms with Crippen LogP contribution in [0.4, 0.5) is 0 Å². The largest absolute Gasteiger partial charge is 0.387 e. The lowest BCUT2D eigenvalue weighted by atomic mass is 10.00. The number of amides is 1. The molecule has 1 atom stereocenters. The molecule has 2 aromatic rings. The highest BCUT2D eigenvalue weighted by Crippen LogP contribution is 2.18. The zero-order valence-electron chi connectivity index (χ0n) is 14.0. The second-order valence-corrected chi connectivity index (χ2v) is 6.01. The fourth-order valence-corrected chi connectivity index (χ4v) is 2.34. The number of nitrogens with zero attached hydrogens (tertiary/aromatic N) is 2. The van der Waals surface area contributed by atoms with Crippen LogP contribution in [0, 0.1) is 0 Å². The third-order valence-electron chi connectivity index (χ3n) is 3.77. The van der Waals surface area contributed by atoms with Gasteiger partial charge in [-0.25, -0.2) is 0 Å². The lowest BCUT2D eigenvalue weighted by molar-refractivity contribution is 0.0910. The van der Waals surface area contributed by atoms with E-state index in [4.69, 9.17) is 0 Å². The minimum atomic E-state index is -0.724. The van der Waals surface area contributed by atoms with E-state index >= 15 is 0 Å². The van der Waals surface area contributed by atoms with Crippen LogP contribution in [0.3, 0.4) is 0 Å². The maximum Gasteiger partial charge on any atom is 0.271 e. The maximum absolute atomic E-state index is 12.0. The van der Waals surface area contributed by atoms with Crippen LogP contribution in [0.2, 0.25) is 0 Å². The Morgan fingerprint density at radius 2 is 1.87 bits per heavy atom. The van der Waals surface area contributed by atoms with Crippen LogP contribution < -0.4 is 5.32 Å². The third-order valence-corrected chi connectivity index (χ3v) is 3.77. The van der Waals surface area contributed by atoms with Crippen molar-refractivity contribution < 1.29 is 9.90 Å². The highest BCUT2D eigenvalue weighted by Gasteiger charge is 2.13. The second kappa shape index (κ2) is 7.92. The number of hydrogen-bond acceptors (Lipinski definition) is 3. The van der Waals surface area contributed by atoms with Gasteiger partial charge in [-0.05, 0) is 29.5 Å². The van der Waals surface area contributed by atoms with E-state index in [0.717, 1.165) is 18.5 Å². The highest BCUT2D eigenvalue weighted by atomic mass is 16.3. The molecule has 0 saturated heterocycles. The van der Waals surface area contributed by atoms with Gasteiger partial charge in [0, 0.05) is 19.3 Å². The summed E-state index contributed by atoms with van der Waals surface area (Å²) in [7, 11) is 0. The molecule has 5 heteroatoms. The average Bonchev–Trinajstić information content (AvgIpc) is 3.01. The van der Waals surface area contributed by atoms with Crippen LogP contribution in [0.5, 0.6) is 0 Å². The molecule has 2 N–H and O–H groups in total. The van der Waals surface area contributed by atoms with Gasteiger partial charge in [0.1, 0.15) is 5.69 Å². The Bertz CT molecular complexity index is 632. The van der Waals surface area contributed by atoms with Crippen LogP contribution in [-0.4, -0.2) is 27.3 Å². The van der Waals surface area contributed by atoms with Gasteiger partial charge >= 0.3 is 0 Å². The fourth-order valence-electron chi connectivity index (χ4n) is 2.34. The van der Waals surface area contributed by atoms with Crippen molar-refractivity contribution in [3.8, 4) is 0 Å². The number of nitrogens with one attached hydrogen (secondary N) is 1. The summed E-state index contributed by atoms with van der Waals surface area (Å²) in [5.41, 5.74) is 2.40. The number of aromatic nitrogens is 2. The van der Waals surface area contributed by atoms with Crippen molar-refractivity contribution in [3.05, 3.63) is 53.3 Å². The van der Waals surface area contributed by atoms with Gasteiger partial charge in [0.05, 0.1) is 6.10 Å². The molecule has 1 heterocycles. The molecule has 0 aliphatic carbocycles. The predicted octanol–water partition coefficient (Wildman–Crippen LogP) is 2.88. The number of aliphatic hydroxyl groups excluding tert-OH is 1.